The standard InChI is InChI=1S/C42H45N9O6/c52-29-11-12-32(34(53)22-29)50-40(56)30-6-4-7-31(37(30)41(50)57)43-15-5-8-36(54)49-18-16-48(17-19-49)28-10-9-27(44-24-28)21-35-45-23-26-20-33-39(55)46-25-42(13-2-1-3-14-42)51(33)38(26)47-35/h4,6-7,9-10,20,23-24,32,43H,1-3,5,8,11-19,21-22,25H2,(H,46,55). The first kappa shape index (κ1) is 36.6. The summed E-state index contributed by atoms with van der Waals surface area (Å²) in [6.07, 6.45) is 10.6. The monoisotopic (exact) mass is 771 g/mol. The highest BCUT2D eigenvalue weighted by atomic mass is 16.2. The molecule has 1 atom stereocenters. The minimum absolute atomic E-state index is 0.0576. The van der Waals surface area contributed by atoms with Crippen LogP contribution in [0.1, 0.15) is 107 Å². The van der Waals surface area contributed by atoms with E-state index in [0.717, 1.165) is 53.0 Å². The number of hydrogen-bond acceptors (Lipinski definition) is 11. The van der Waals surface area contributed by atoms with Crippen molar-refractivity contribution >= 4 is 57.6 Å². The molecule has 4 amide bonds. The first-order valence-corrected chi connectivity index (χ1v) is 20.1. The van der Waals surface area contributed by atoms with E-state index in [1.165, 1.54) is 6.42 Å². The topological polar surface area (TPSA) is 180 Å². The van der Waals surface area contributed by atoms with Gasteiger partial charge in [0, 0.05) is 75.1 Å². The predicted molar refractivity (Wildman–Crippen MR) is 209 cm³/mol. The van der Waals surface area contributed by atoms with Crippen LogP contribution in [0.15, 0.2) is 48.8 Å². The zero-order chi connectivity index (χ0) is 39.3. The summed E-state index contributed by atoms with van der Waals surface area (Å²) in [5.74, 6) is -0.958. The molecule has 1 unspecified atom stereocenters. The van der Waals surface area contributed by atoms with Gasteiger partial charge in [0.05, 0.1) is 47.4 Å². The number of imide groups is 1. The maximum absolute atomic E-state index is 13.4. The smallest absolute Gasteiger partial charge is 0.268 e. The number of nitrogens with zero attached hydrogens (tertiary/aromatic N) is 7. The third-order valence-corrected chi connectivity index (χ3v) is 12.4. The first-order valence-electron chi connectivity index (χ1n) is 20.1. The van der Waals surface area contributed by atoms with Gasteiger partial charge < -0.3 is 25.0 Å². The van der Waals surface area contributed by atoms with Gasteiger partial charge in [-0.15, -0.1) is 0 Å². The molecule has 0 bridgehead atoms. The number of ketones is 2. The van der Waals surface area contributed by atoms with Crippen molar-refractivity contribution in [3.05, 3.63) is 77.1 Å². The second-order valence-electron chi connectivity index (χ2n) is 15.9. The Balaban J connectivity index is 0.762. The summed E-state index contributed by atoms with van der Waals surface area (Å²) in [6, 6.07) is 10.0. The van der Waals surface area contributed by atoms with Crippen molar-refractivity contribution in [2.75, 3.05) is 49.5 Å². The number of rotatable bonds is 9. The van der Waals surface area contributed by atoms with Crippen LogP contribution in [-0.4, -0.2) is 110 Å². The normalized spacial score (nSPS) is 20.6. The Morgan fingerprint density at radius 1 is 0.930 bits per heavy atom. The van der Waals surface area contributed by atoms with E-state index >= 15 is 0 Å². The van der Waals surface area contributed by atoms with E-state index in [4.69, 9.17) is 9.97 Å². The Bertz CT molecular complexity index is 2310. The summed E-state index contributed by atoms with van der Waals surface area (Å²) in [6.45, 7) is 3.60. The number of Topliss-reactive ketones (excluding diaryl/α,β-unsaturated/α-hetero) is 2. The van der Waals surface area contributed by atoms with Crippen molar-refractivity contribution in [1.29, 1.82) is 0 Å². The van der Waals surface area contributed by atoms with Gasteiger partial charge >= 0.3 is 0 Å². The quantitative estimate of drug-likeness (QED) is 0.144. The Kier molecular flexibility index (Phi) is 9.53. The number of anilines is 2. The van der Waals surface area contributed by atoms with E-state index in [1.807, 2.05) is 29.4 Å². The molecule has 3 fully saturated rings. The first-order chi connectivity index (χ1) is 27.7. The minimum Gasteiger partial charge on any atom is -0.384 e. The highest BCUT2D eigenvalue weighted by molar-refractivity contribution is 6.25. The number of pyridine rings is 1. The highest BCUT2D eigenvalue weighted by Crippen LogP contribution is 2.40. The number of hydrogen-bond donors (Lipinski definition) is 2. The Labute approximate surface area is 329 Å². The van der Waals surface area contributed by atoms with Gasteiger partial charge in [-0.1, -0.05) is 25.3 Å². The van der Waals surface area contributed by atoms with Crippen LogP contribution in [-0.2, 0) is 26.3 Å². The molecule has 5 aliphatic rings. The lowest BCUT2D eigenvalue weighted by Crippen LogP contribution is -2.52. The lowest BCUT2D eigenvalue weighted by molar-refractivity contribution is -0.133. The molecule has 2 saturated carbocycles. The number of aromatic nitrogens is 4. The summed E-state index contributed by atoms with van der Waals surface area (Å²) < 4.78 is 2.19. The lowest BCUT2D eigenvalue weighted by atomic mass is 9.80. The van der Waals surface area contributed by atoms with E-state index in [9.17, 15) is 28.8 Å². The third-order valence-electron chi connectivity index (χ3n) is 12.4. The molecular weight excluding hydrogens is 727 g/mol. The van der Waals surface area contributed by atoms with Gasteiger partial charge in [-0.25, -0.2) is 9.97 Å². The summed E-state index contributed by atoms with van der Waals surface area (Å²) in [4.78, 5) is 96.3. The molecule has 1 aromatic carbocycles. The van der Waals surface area contributed by atoms with Crippen LogP contribution in [0, 0.1) is 0 Å². The van der Waals surface area contributed by atoms with Crippen LogP contribution in [0.2, 0.25) is 0 Å². The molecule has 0 radical (unpaired) electrons. The fraction of sp³-hybridized carbons (Fsp3) is 0.452. The van der Waals surface area contributed by atoms with Gasteiger partial charge in [0.25, 0.3) is 17.7 Å². The molecule has 2 N–H and O–H groups in total. The van der Waals surface area contributed by atoms with E-state index in [0.29, 0.717) is 75.7 Å². The fourth-order valence-corrected chi connectivity index (χ4v) is 9.35. The largest absolute Gasteiger partial charge is 0.384 e. The zero-order valence-corrected chi connectivity index (χ0v) is 31.8. The summed E-state index contributed by atoms with van der Waals surface area (Å²) >= 11 is 0. The van der Waals surface area contributed by atoms with E-state index < -0.39 is 23.6 Å². The van der Waals surface area contributed by atoms with Crippen LogP contribution in [0.25, 0.3) is 11.0 Å². The maximum Gasteiger partial charge on any atom is 0.268 e. The summed E-state index contributed by atoms with van der Waals surface area (Å²) in [7, 11) is 0. The molecule has 6 heterocycles. The van der Waals surface area contributed by atoms with Crippen molar-refractivity contribution in [2.45, 2.75) is 82.2 Å². The summed E-state index contributed by atoms with van der Waals surface area (Å²) in [5.41, 5.74) is 4.14. The summed E-state index contributed by atoms with van der Waals surface area (Å²) in [5, 5.41) is 7.22. The molecule has 15 heteroatoms. The molecule has 4 aromatic rings. The highest BCUT2D eigenvalue weighted by Gasteiger charge is 2.45. The van der Waals surface area contributed by atoms with Crippen molar-refractivity contribution in [3.8, 4) is 0 Å². The molecule has 2 aliphatic carbocycles. The number of benzene rings is 1. The van der Waals surface area contributed by atoms with Gasteiger partial charge in [-0.2, -0.15) is 0 Å². The molecule has 294 valence electrons. The van der Waals surface area contributed by atoms with Crippen LogP contribution in [0.3, 0.4) is 0 Å². The average molecular weight is 772 g/mol. The number of nitrogens with one attached hydrogen (secondary N) is 2. The van der Waals surface area contributed by atoms with Crippen molar-refractivity contribution in [1.82, 2.24) is 34.6 Å². The second kappa shape index (κ2) is 14.8. The average Bonchev–Trinajstić information content (AvgIpc) is 3.74. The molecule has 9 rings (SSSR count). The predicted octanol–water partition coefficient (Wildman–Crippen LogP) is 3.65. The molecule has 1 spiro atoms. The van der Waals surface area contributed by atoms with E-state index in [2.05, 4.69) is 31.2 Å². The van der Waals surface area contributed by atoms with E-state index in [1.54, 1.807) is 18.2 Å². The number of piperazine rings is 1. The van der Waals surface area contributed by atoms with Crippen molar-refractivity contribution < 1.29 is 28.8 Å². The fourth-order valence-electron chi connectivity index (χ4n) is 9.35. The molecule has 3 aromatic heterocycles. The van der Waals surface area contributed by atoms with E-state index in [-0.39, 0.29) is 53.5 Å². The van der Waals surface area contributed by atoms with Crippen LogP contribution in [0.4, 0.5) is 11.4 Å². The Morgan fingerprint density at radius 3 is 2.53 bits per heavy atom. The minimum atomic E-state index is -0.920. The molecule has 1 saturated heterocycles. The van der Waals surface area contributed by atoms with Crippen LogP contribution in [0.5, 0.6) is 0 Å². The van der Waals surface area contributed by atoms with Gasteiger partial charge in [-0.3, -0.25) is 38.7 Å². The number of fused-ring (bicyclic) bond motifs is 5. The third kappa shape index (κ3) is 6.72. The molecule has 3 aliphatic heterocycles. The second-order valence-corrected chi connectivity index (χ2v) is 15.9. The van der Waals surface area contributed by atoms with Crippen molar-refractivity contribution in [2.24, 2.45) is 0 Å². The van der Waals surface area contributed by atoms with Gasteiger partial charge in [0.2, 0.25) is 5.91 Å². The molecule has 57 heavy (non-hydrogen) atoms. The van der Waals surface area contributed by atoms with Crippen molar-refractivity contribution in [3.63, 3.8) is 0 Å². The van der Waals surface area contributed by atoms with Crippen LogP contribution < -0.4 is 15.5 Å². The zero-order valence-electron chi connectivity index (χ0n) is 31.8. The molecule has 15 nitrogen and oxygen atoms in total. The number of carbonyl (C=O) groups is 6. The Morgan fingerprint density at radius 2 is 1.75 bits per heavy atom. The molecular formula is C42H45N9O6. The van der Waals surface area contributed by atoms with Crippen LogP contribution >= 0.6 is 0 Å². The number of carbonyl (C=O) groups excluding carboxylic acids is 6. The van der Waals surface area contributed by atoms with Gasteiger partial charge in [0.15, 0.2) is 5.78 Å². The SMILES string of the molecule is O=C1CCC(N2C(=O)c3cccc(NCCCC(=O)N4CCN(c5ccc(Cc6ncc7cc8n(c7n6)C6(CCCCC6)CNC8=O)nc5)CC4)c3C2=O)C(=O)C1. The maximum atomic E-state index is 13.4. The lowest BCUT2D eigenvalue weighted by Gasteiger charge is -2.42. The van der Waals surface area contributed by atoms with Gasteiger partial charge in [-0.05, 0) is 56.0 Å². The Hall–Kier alpha value is -5.99. The van der Waals surface area contributed by atoms with Gasteiger partial charge in [0.1, 0.15) is 22.9 Å². The number of amides is 4.